The van der Waals surface area contributed by atoms with Gasteiger partial charge in [0.25, 0.3) is 0 Å². The quantitative estimate of drug-likeness (QED) is 0.812. The van der Waals surface area contributed by atoms with E-state index in [4.69, 9.17) is 11.6 Å². The minimum atomic E-state index is -0.352. The van der Waals surface area contributed by atoms with Crippen molar-refractivity contribution in [2.75, 3.05) is 0 Å². The molecule has 78 valence electrons. The Hall–Kier alpha value is -0.600. The van der Waals surface area contributed by atoms with E-state index in [1.54, 1.807) is 6.07 Å². The van der Waals surface area contributed by atoms with E-state index in [9.17, 15) is 4.39 Å². The van der Waals surface area contributed by atoms with E-state index in [1.165, 1.54) is 6.07 Å². The smallest absolute Gasteiger partial charge is 0.142 e. The molecule has 0 fully saturated rings. The van der Waals surface area contributed by atoms with Crippen LogP contribution in [0.2, 0.25) is 5.02 Å². The molecule has 0 aliphatic rings. The molecule has 0 aliphatic heterocycles. The van der Waals surface area contributed by atoms with E-state index in [2.05, 4.69) is 19.2 Å². The minimum absolute atomic E-state index is 0.178. The van der Waals surface area contributed by atoms with Crippen molar-refractivity contribution in [3.8, 4) is 0 Å². The van der Waals surface area contributed by atoms with Gasteiger partial charge in [-0.1, -0.05) is 24.6 Å². The van der Waals surface area contributed by atoms with Crippen molar-refractivity contribution < 1.29 is 4.39 Å². The summed E-state index contributed by atoms with van der Waals surface area (Å²) in [4.78, 5) is 0. The lowest BCUT2D eigenvalue weighted by Gasteiger charge is -2.11. The molecule has 0 heterocycles. The van der Waals surface area contributed by atoms with Crippen LogP contribution in [-0.2, 0) is 6.54 Å². The number of benzene rings is 1. The maximum Gasteiger partial charge on any atom is 0.142 e. The normalized spacial score (nSPS) is 12.9. The zero-order valence-corrected chi connectivity index (χ0v) is 9.24. The predicted octanol–water partition coefficient (Wildman–Crippen LogP) is 3.37. The lowest BCUT2D eigenvalue weighted by atomic mass is 10.2. The standard InChI is InChI=1S/C11H15ClFN/c1-3-8(2)14-7-9-4-5-10(12)11(13)6-9/h4-6,8,14H,3,7H2,1-2H3. The minimum Gasteiger partial charge on any atom is -0.310 e. The van der Waals surface area contributed by atoms with Gasteiger partial charge in [-0.2, -0.15) is 0 Å². The first-order chi connectivity index (χ1) is 6.63. The van der Waals surface area contributed by atoms with Crippen LogP contribution in [-0.4, -0.2) is 6.04 Å². The van der Waals surface area contributed by atoms with Gasteiger partial charge in [-0.3, -0.25) is 0 Å². The summed E-state index contributed by atoms with van der Waals surface area (Å²) in [6.45, 7) is 4.90. The summed E-state index contributed by atoms with van der Waals surface area (Å²) >= 11 is 5.58. The lowest BCUT2D eigenvalue weighted by Crippen LogP contribution is -2.24. The Labute approximate surface area is 89.3 Å². The molecule has 0 aromatic heterocycles. The molecule has 0 saturated heterocycles. The first-order valence-electron chi connectivity index (χ1n) is 4.80. The average Bonchev–Trinajstić information content (AvgIpc) is 2.19. The molecule has 1 rings (SSSR count). The summed E-state index contributed by atoms with van der Waals surface area (Å²) < 4.78 is 13.0. The van der Waals surface area contributed by atoms with E-state index in [0.717, 1.165) is 12.0 Å². The molecule has 1 N–H and O–H groups in total. The average molecular weight is 216 g/mol. The van der Waals surface area contributed by atoms with Crippen LogP contribution in [0.4, 0.5) is 4.39 Å². The van der Waals surface area contributed by atoms with Crippen LogP contribution in [0.1, 0.15) is 25.8 Å². The summed E-state index contributed by atoms with van der Waals surface area (Å²) in [5.74, 6) is -0.352. The highest BCUT2D eigenvalue weighted by Gasteiger charge is 2.02. The van der Waals surface area contributed by atoms with E-state index in [1.807, 2.05) is 6.07 Å². The largest absolute Gasteiger partial charge is 0.310 e. The van der Waals surface area contributed by atoms with Crippen LogP contribution in [0.15, 0.2) is 18.2 Å². The van der Waals surface area contributed by atoms with Crippen molar-refractivity contribution >= 4 is 11.6 Å². The topological polar surface area (TPSA) is 12.0 Å². The number of hydrogen-bond donors (Lipinski definition) is 1. The van der Waals surface area contributed by atoms with Gasteiger partial charge in [-0.25, -0.2) is 4.39 Å². The fraction of sp³-hybridized carbons (Fsp3) is 0.455. The highest BCUT2D eigenvalue weighted by atomic mass is 35.5. The molecule has 14 heavy (non-hydrogen) atoms. The third kappa shape index (κ3) is 3.28. The van der Waals surface area contributed by atoms with Gasteiger partial charge in [0.2, 0.25) is 0 Å². The van der Waals surface area contributed by atoms with Crippen LogP contribution in [0.5, 0.6) is 0 Å². The monoisotopic (exact) mass is 215 g/mol. The van der Waals surface area contributed by atoms with Crippen molar-refractivity contribution in [1.29, 1.82) is 0 Å². The third-order valence-corrected chi connectivity index (χ3v) is 2.56. The first kappa shape index (κ1) is 11.5. The maximum absolute atomic E-state index is 13.0. The van der Waals surface area contributed by atoms with Gasteiger partial charge >= 0.3 is 0 Å². The van der Waals surface area contributed by atoms with Crippen LogP contribution in [0, 0.1) is 5.82 Å². The molecule has 0 spiro atoms. The van der Waals surface area contributed by atoms with Gasteiger partial charge in [0.1, 0.15) is 5.82 Å². The van der Waals surface area contributed by atoms with E-state index in [-0.39, 0.29) is 10.8 Å². The summed E-state index contributed by atoms with van der Waals surface area (Å²) in [7, 11) is 0. The number of halogens is 2. The molecular formula is C11H15ClFN. The van der Waals surface area contributed by atoms with Crippen LogP contribution in [0.3, 0.4) is 0 Å². The number of nitrogens with one attached hydrogen (secondary N) is 1. The first-order valence-corrected chi connectivity index (χ1v) is 5.18. The molecule has 1 nitrogen and oxygen atoms in total. The highest BCUT2D eigenvalue weighted by Crippen LogP contribution is 2.15. The van der Waals surface area contributed by atoms with Gasteiger partial charge in [-0.15, -0.1) is 0 Å². The Bertz CT molecular complexity index is 301. The Balaban J connectivity index is 2.55. The number of hydrogen-bond acceptors (Lipinski definition) is 1. The second-order valence-corrected chi connectivity index (χ2v) is 3.85. The van der Waals surface area contributed by atoms with Gasteiger partial charge < -0.3 is 5.32 Å². The van der Waals surface area contributed by atoms with Gasteiger partial charge in [0, 0.05) is 12.6 Å². The molecule has 1 aromatic carbocycles. The Morgan fingerprint density at radius 2 is 2.21 bits per heavy atom. The maximum atomic E-state index is 13.0. The molecule has 0 aliphatic carbocycles. The van der Waals surface area contributed by atoms with Crippen molar-refractivity contribution in [1.82, 2.24) is 5.32 Å². The summed E-state index contributed by atoms with van der Waals surface area (Å²) in [5, 5.41) is 3.46. The zero-order valence-electron chi connectivity index (χ0n) is 8.48. The van der Waals surface area contributed by atoms with E-state index in [0.29, 0.717) is 12.6 Å². The third-order valence-electron chi connectivity index (χ3n) is 2.25. The van der Waals surface area contributed by atoms with Crippen molar-refractivity contribution in [3.63, 3.8) is 0 Å². The molecule has 1 unspecified atom stereocenters. The van der Waals surface area contributed by atoms with Crippen molar-refractivity contribution in [2.24, 2.45) is 0 Å². The second-order valence-electron chi connectivity index (χ2n) is 3.44. The van der Waals surface area contributed by atoms with Crippen LogP contribution in [0.25, 0.3) is 0 Å². The molecule has 0 bridgehead atoms. The van der Waals surface area contributed by atoms with Gasteiger partial charge in [0.15, 0.2) is 0 Å². The van der Waals surface area contributed by atoms with Crippen LogP contribution < -0.4 is 5.32 Å². The molecule has 0 saturated carbocycles. The zero-order chi connectivity index (χ0) is 10.6. The predicted molar refractivity (Wildman–Crippen MR) is 58.0 cm³/mol. The van der Waals surface area contributed by atoms with Crippen molar-refractivity contribution in [2.45, 2.75) is 32.9 Å². The number of rotatable bonds is 4. The van der Waals surface area contributed by atoms with Gasteiger partial charge in [-0.05, 0) is 31.0 Å². The van der Waals surface area contributed by atoms with Crippen LogP contribution >= 0.6 is 11.6 Å². The van der Waals surface area contributed by atoms with E-state index < -0.39 is 0 Å². The second kappa shape index (κ2) is 5.32. The summed E-state index contributed by atoms with van der Waals surface area (Å²) in [5.41, 5.74) is 0.923. The molecular weight excluding hydrogens is 201 g/mol. The summed E-state index contributed by atoms with van der Waals surface area (Å²) in [6.07, 6.45) is 1.07. The molecule has 1 aromatic rings. The Morgan fingerprint density at radius 3 is 2.79 bits per heavy atom. The molecule has 0 amide bonds. The van der Waals surface area contributed by atoms with Gasteiger partial charge in [0.05, 0.1) is 5.02 Å². The van der Waals surface area contributed by atoms with E-state index >= 15 is 0 Å². The SMILES string of the molecule is CCC(C)NCc1ccc(Cl)c(F)c1. The molecule has 0 radical (unpaired) electrons. The fourth-order valence-corrected chi connectivity index (χ4v) is 1.20. The fourth-order valence-electron chi connectivity index (χ4n) is 1.09. The lowest BCUT2D eigenvalue weighted by molar-refractivity contribution is 0.532. The Kier molecular flexibility index (Phi) is 4.36. The molecule has 1 atom stereocenters. The highest BCUT2D eigenvalue weighted by molar-refractivity contribution is 6.30. The summed E-state index contributed by atoms with van der Waals surface area (Å²) in [6, 6.07) is 5.34. The molecule has 3 heteroatoms. The Morgan fingerprint density at radius 1 is 1.50 bits per heavy atom. The van der Waals surface area contributed by atoms with Crippen molar-refractivity contribution in [3.05, 3.63) is 34.6 Å².